The van der Waals surface area contributed by atoms with E-state index in [4.69, 9.17) is 14.3 Å². The summed E-state index contributed by atoms with van der Waals surface area (Å²) in [5, 5.41) is 10.5. The molecular formula is C19H18F4N2O4. The zero-order chi connectivity index (χ0) is 21.2. The van der Waals surface area contributed by atoms with Crippen LogP contribution in [0.4, 0.5) is 23.2 Å². The van der Waals surface area contributed by atoms with Crippen LogP contribution in [0.5, 0.6) is 0 Å². The highest BCUT2D eigenvalue weighted by Crippen LogP contribution is 2.46. The molecule has 10 heteroatoms. The van der Waals surface area contributed by atoms with Crippen LogP contribution in [0.15, 0.2) is 41.0 Å². The molecule has 4 rings (SSSR count). The Labute approximate surface area is 163 Å². The predicted molar refractivity (Wildman–Crippen MR) is 94.3 cm³/mol. The summed E-state index contributed by atoms with van der Waals surface area (Å²) < 4.78 is 50.7. The van der Waals surface area contributed by atoms with Crippen molar-refractivity contribution >= 4 is 17.6 Å². The number of piperidine rings is 1. The number of anilines is 1. The third-order valence-corrected chi connectivity index (χ3v) is 5.06. The summed E-state index contributed by atoms with van der Waals surface area (Å²) >= 11 is 0. The molecule has 1 saturated heterocycles. The summed E-state index contributed by atoms with van der Waals surface area (Å²) in [6, 6.07) is 8.09. The molecule has 2 aliphatic rings. The van der Waals surface area contributed by atoms with E-state index in [1.54, 1.807) is 29.2 Å². The summed E-state index contributed by atoms with van der Waals surface area (Å²) in [5.41, 5.74) is 1.61. The van der Waals surface area contributed by atoms with Crippen LogP contribution in [0, 0.1) is 5.82 Å². The van der Waals surface area contributed by atoms with Crippen LogP contribution in [0.3, 0.4) is 0 Å². The molecule has 1 fully saturated rings. The monoisotopic (exact) mass is 414 g/mol. The van der Waals surface area contributed by atoms with E-state index >= 15 is 0 Å². The number of aliphatic carboxylic acids is 1. The molecule has 3 heterocycles. The Morgan fingerprint density at radius 3 is 2.38 bits per heavy atom. The Bertz CT molecular complexity index is 890. The second kappa shape index (κ2) is 7.86. The quantitative estimate of drug-likeness (QED) is 0.700. The minimum atomic E-state index is -5.08. The molecule has 6 nitrogen and oxygen atoms in total. The maximum atomic E-state index is 13.8. The van der Waals surface area contributed by atoms with Crippen LogP contribution >= 0.6 is 0 Å². The molecule has 0 radical (unpaired) electrons. The molecule has 2 aliphatic heterocycles. The van der Waals surface area contributed by atoms with Gasteiger partial charge in [-0.1, -0.05) is 0 Å². The fourth-order valence-corrected chi connectivity index (χ4v) is 3.69. The fraction of sp³-hybridized carbons (Fsp3) is 0.368. The molecular weight excluding hydrogens is 396 g/mol. The van der Waals surface area contributed by atoms with E-state index in [1.807, 2.05) is 0 Å². The zero-order valence-corrected chi connectivity index (χ0v) is 15.1. The van der Waals surface area contributed by atoms with E-state index < -0.39 is 12.1 Å². The molecule has 0 atom stereocenters. The smallest absolute Gasteiger partial charge is 0.475 e. The van der Waals surface area contributed by atoms with Gasteiger partial charge in [-0.05, 0) is 61.8 Å². The molecule has 2 aromatic rings. The van der Waals surface area contributed by atoms with Crippen LogP contribution in [-0.4, -0.2) is 42.8 Å². The SMILES string of the molecule is O=C(O)C(F)(F)F.O=C(c1ccco1)N1CC2(CCNCC2)c2cc(F)ccc21. The highest BCUT2D eigenvalue weighted by Gasteiger charge is 2.46. The van der Waals surface area contributed by atoms with E-state index in [1.165, 1.54) is 12.3 Å². The largest absolute Gasteiger partial charge is 0.490 e. The van der Waals surface area contributed by atoms with Crippen molar-refractivity contribution < 1.29 is 36.7 Å². The number of hydrogen-bond acceptors (Lipinski definition) is 4. The highest BCUT2D eigenvalue weighted by molar-refractivity contribution is 6.06. The Morgan fingerprint density at radius 2 is 1.83 bits per heavy atom. The Hall–Kier alpha value is -2.88. The van der Waals surface area contributed by atoms with Gasteiger partial charge in [0.25, 0.3) is 5.91 Å². The second-order valence-corrected chi connectivity index (χ2v) is 6.86. The number of nitrogens with one attached hydrogen (secondary N) is 1. The number of carboxylic acid groups (broad SMARTS) is 1. The van der Waals surface area contributed by atoms with Crippen LogP contribution in [0.2, 0.25) is 0 Å². The van der Waals surface area contributed by atoms with Gasteiger partial charge in [0, 0.05) is 17.6 Å². The van der Waals surface area contributed by atoms with Crippen molar-refractivity contribution in [2.75, 3.05) is 24.5 Å². The molecule has 0 unspecified atom stereocenters. The number of alkyl halides is 3. The molecule has 1 aromatic carbocycles. The Morgan fingerprint density at radius 1 is 1.17 bits per heavy atom. The zero-order valence-electron chi connectivity index (χ0n) is 15.1. The first kappa shape index (κ1) is 20.8. The summed E-state index contributed by atoms with van der Waals surface area (Å²) in [4.78, 5) is 23.3. The number of furan rings is 1. The number of rotatable bonds is 1. The van der Waals surface area contributed by atoms with E-state index in [9.17, 15) is 22.4 Å². The molecule has 0 bridgehead atoms. The third-order valence-electron chi connectivity index (χ3n) is 5.06. The molecule has 156 valence electrons. The first-order valence-corrected chi connectivity index (χ1v) is 8.80. The normalized spacial score (nSPS) is 17.4. The summed E-state index contributed by atoms with van der Waals surface area (Å²) in [6.45, 7) is 2.37. The van der Waals surface area contributed by atoms with Crippen LogP contribution in [-0.2, 0) is 10.2 Å². The van der Waals surface area contributed by atoms with Gasteiger partial charge in [-0.15, -0.1) is 0 Å². The van der Waals surface area contributed by atoms with Gasteiger partial charge in [0.05, 0.1) is 6.26 Å². The molecule has 29 heavy (non-hydrogen) atoms. The van der Waals surface area contributed by atoms with Crippen LogP contribution < -0.4 is 10.2 Å². The van der Waals surface area contributed by atoms with Gasteiger partial charge in [-0.2, -0.15) is 13.2 Å². The van der Waals surface area contributed by atoms with Crippen molar-refractivity contribution in [2.45, 2.75) is 24.4 Å². The molecule has 2 N–H and O–H groups in total. The molecule has 1 amide bonds. The third kappa shape index (κ3) is 4.26. The lowest BCUT2D eigenvalue weighted by Gasteiger charge is -2.34. The van der Waals surface area contributed by atoms with Gasteiger partial charge in [-0.25, -0.2) is 9.18 Å². The number of carbonyl (C=O) groups is 2. The van der Waals surface area contributed by atoms with Gasteiger partial charge in [0.1, 0.15) is 5.82 Å². The number of fused-ring (bicyclic) bond motifs is 2. The fourth-order valence-electron chi connectivity index (χ4n) is 3.69. The number of amides is 1. The maximum Gasteiger partial charge on any atom is 0.490 e. The van der Waals surface area contributed by atoms with Crippen molar-refractivity contribution in [3.8, 4) is 0 Å². The van der Waals surface area contributed by atoms with Gasteiger partial charge in [0.15, 0.2) is 5.76 Å². The molecule has 1 spiro atoms. The standard InChI is InChI=1S/C17H17FN2O2.C2HF3O2/c18-12-3-4-14-13(10-12)17(5-7-19-8-6-17)11-20(14)16(21)15-2-1-9-22-15;3-2(4,5)1(6)7/h1-4,9-10,19H,5-8,11H2;(H,6,7). The first-order valence-electron chi connectivity index (χ1n) is 8.80. The van der Waals surface area contributed by atoms with Gasteiger partial charge in [0.2, 0.25) is 0 Å². The van der Waals surface area contributed by atoms with Gasteiger partial charge >= 0.3 is 12.1 Å². The molecule has 0 aliphatic carbocycles. The summed E-state index contributed by atoms with van der Waals surface area (Å²) in [6.07, 6.45) is -1.77. The Kier molecular flexibility index (Phi) is 5.65. The summed E-state index contributed by atoms with van der Waals surface area (Å²) in [7, 11) is 0. The number of carboxylic acids is 1. The minimum Gasteiger partial charge on any atom is -0.475 e. The molecule has 1 aromatic heterocycles. The van der Waals surface area contributed by atoms with Crippen molar-refractivity contribution in [1.29, 1.82) is 0 Å². The number of hydrogen-bond donors (Lipinski definition) is 2. The first-order chi connectivity index (χ1) is 13.6. The number of halogens is 4. The van der Waals surface area contributed by atoms with Crippen molar-refractivity contribution in [3.63, 3.8) is 0 Å². The van der Waals surface area contributed by atoms with E-state index in [2.05, 4.69) is 5.32 Å². The van der Waals surface area contributed by atoms with Crippen molar-refractivity contribution in [1.82, 2.24) is 5.32 Å². The average Bonchev–Trinajstić information content (AvgIpc) is 3.30. The second-order valence-electron chi connectivity index (χ2n) is 6.86. The van der Waals surface area contributed by atoms with Crippen molar-refractivity contribution in [3.05, 3.63) is 53.7 Å². The van der Waals surface area contributed by atoms with E-state index in [0.29, 0.717) is 12.3 Å². The van der Waals surface area contributed by atoms with Gasteiger partial charge < -0.3 is 19.7 Å². The van der Waals surface area contributed by atoms with Crippen molar-refractivity contribution in [2.24, 2.45) is 0 Å². The molecule has 0 saturated carbocycles. The highest BCUT2D eigenvalue weighted by atomic mass is 19.4. The average molecular weight is 414 g/mol. The lowest BCUT2D eigenvalue weighted by molar-refractivity contribution is -0.192. The van der Waals surface area contributed by atoms with Crippen LogP contribution in [0.1, 0.15) is 29.0 Å². The number of nitrogens with zero attached hydrogens (tertiary/aromatic N) is 1. The van der Waals surface area contributed by atoms with Gasteiger partial charge in [-0.3, -0.25) is 4.79 Å². The maximum absolute atomic E-state index is 13.8. The number of benzene rings is 1. The number of carbonyl (C=O) groups excluding carboxylic acids is 1. The lowest BCUT2D eigenvalue weighted by Crippen LogP contribution is -2.44. The van der Waals surface area contributed by atoms with Crippen LogP contribution in [0.25, 0.3) is 0 Å². The van der Waals surface area contributed by atoms with E-state index in [-0.39, 0.29) is 17.1 Å². The van der Waals surface area contributed by atoms with E-state index in [0.717, 1.165) is 37.2 Å². The topological polar surface area (TPSA) is 82.8 Å². The minimum absolute atomic E-state index is 0.148. The Balaban J connectivity index is 0.000000298. The predicted octanol–water partition coefficient (Wildman–Crippen LogP) is 3.33. The lowest BCUT2D eigenvalue weighted by atomic mass is 9.75. The summed E-state index contributed by atoms with van der Waals surface area (Å²) in [5.74, 6) is -2.84.